The molecule has 2 aromatic carbocycles. The SMILES string of the molecule is c1ccc(CC2(Nc3ccccc3)CCCS2)cc1. The molecule has 2 aromatic rings. The van der Waals surface area contributed by atoms with Crippen LogP contribution in [0.15, 0.2) is 60.7 Å². The quantitative estimate of drug-likeness (QED) is 0.873. The summed E-state index contributed by atoms with van der Waals surface area (Å²) < 4.78 is 0. The van der Waals surface area contributed by atoms with Gasteiger partial charge in [-0.25, -0.2) is 0 Å². The highest BCUT2D eigenvalue weighted by molar-refractivity contribution is 8.01. The van der Waals surface area contributed by atoms with Gasteiger partial charge in [0.25, 0.3) is 0 Å². The lowest BCUT2D eigenvalue weighted by Crippen LogP contribution is -2.34. The van der Waals surface area contributed by atoms with Crippen LogP contribution in [0.25, 0.3) is 0 Å². The third-order valence-electron chi connectivity index (χ3n) is 3.58. The average molecular weight is 269 g/mol. The molecule has 0 spiro atoms. The summed E-state index contributed by atoms with van der Waals surface area (Å²) in [5.41, 5.74) is 2.65. The number of anilines is 1. The van der Waals surface area contributed by atoms with Crippen LogP contribution in [0.3, 0.4) is 0 Å². The highest BCUT2D eigenvalue weighted by Crippen LogP contribution is 2.41. The van der Waals surface area contributed by atoms with E-state index in [0.717, 1.165) is 6.42 Å². The first-order valence-corrected chi connectivity index (χ1v) is 7.86. The molecule has 1 saturated heterocycles. The molecule has 98 valence electrons. The minimum Gasteiger partial charge on any atom is -0.370 e. The molecule has 0 bridgehead atoms. The Hall–Kier alpha value is -1.41. The van der Waals surface area contributed by atoms with Crippen molar-refractivity contribution in [2.24, 2.45) is 0 Å². The molecule has 1 aliphatic rings. The van der Waals surface area contributed by atoms with E-state index in [1.54, 1.807) is 0 Å². The van der Waals surface area contributed by atoms with Crippen molar-refractivity contribution in [3.63, 3.8) is 0 Å². The molecule has 0 radical (unpaired) electrons. The van der Waals surface area contributed by atoms with Gasteiger partial charge < -0.3 is 5.32 Å². The van der Waals surface area contributed by atoms with E-state index in [0.29, 0.717) is 0 Å². The Morgan fingerprint density at radius 3 is 2.26 bits per heavy atom. The third kappa shape index (κ3) is 3.13. The van der Waals surface area contributed by atoms with E-state index in [9.17, 15) is 0 Å². The largest absolute Gasteiger partial charge is 0.370 e. The van der Waals surface area contributed by atoms with Crippen molar-refractivity contribution >= 4 is 17.4 Å². The van der Waals surface area contributed by atoms with Gasteiger partial charge in [0.1, 0.15) is 0 Å². The fourth-order valence-electron chi connectivity index (χ4n) is 2.69. The van der Waals surface area contributed by atoms with Gasteiger partial charge in [-0.3, -0.25) is 0 Å². The summed E-state index contributed by atoms with van der Waals surface area (Å²) in [6, 6.07) is 21.4. The number of thioether (sulfide) groups is 1. The van der Waals surface area contributed by atoms with E-state index in [2.05, 4.69) is 77.7 Å². The molecule has 0 saturated carbocycles. The fraction of sp³-hybridized carbons (Fsp3) is 0.294. The van der Waals surface area contributed by atoms with Crippen molar-refractivity contribution in [2.75, 3.05) is 11.1 Å². The van der Waals surface area contributed by atoms with Gasteiger partial charge in [0.05, 0.1) is 4.87 Å². The Bertz CT molecular complexity index is 460. The van der Waals surface area contributed by atoms with Gasteiger partial charge in [-0.05, 0) is 36.3 Å². The van der Waals surface area contributed by atoms with E-state index in [1.807, 2.05) is 0 Å². The molecule has 1 aliphatic heterocycles. The average Bonchev–Trinajstić information content (AvgIpc) is 2.89. The van der Waals surface area contributed by atoms with Crippen LogP contribution >= 0.6 is 11.8 Å². The molecule has 2 heteroatoms. The van der Waals surface area contributed by atoms with Crippen molar-refractivity contribution in [1.29, 1.82) is 0 Å². The van der Waals surface area contributed by atoms with Gasteiger partial charge in [-0.2, -0.15) is 0 Å². The molecule has 1 unspecified atom stereocenters. The van der Waals surface area contributed by atoms with Crippen LogP contribution in [0, 0.1) is 0 Å². The molecule has 0 amide bonds. The van der Waals surface area contributed by atoms with Crippen LogP contribution in [-0.4, -0.2) is 10.6 Å². The van der Waals surface area contributed by atoms with Crippen molar-refractivity contribution in [3.8, 4) is 0 Å². The van der Waals surface area contributed by atoms with Gasteiger partial charge in [0, 0.05) is 12.1 Å². The fourth-order valence-corrected chi connectivity index (χ4v) is 4.12. The second-order valence-corrected chi connectivity index (χ2v) is 6.58. The van der Waals surface area contributed by atoms with E-state index in [-0.39, 0.29) is 4.87 Å². The van der Waals surface area contributed by atoms with E-state index in [4.69, 9.17) is 0 Å². The zero-order valence-electron chi connectivity index (χ0n) is 11.0. The van der Waals surface area contributed by atoms with Crippen LogP contribution in [0.5, 0.6) is 0 Å². The maximum absolute atomic E-state index is 3.77. The molecule has 1 nitrogen and oxygen atoms in total. The topological polar surface area (TPSA) is 12.0 Å². The van der Waals surface area contributed by atoms with Crippen molar-refractivity contribution in [1.82, 2.24) is 0 Å². The summed E-state index contributed by atoms with van der Waals surface area (Å²) in [5.74, 6) is 1.26. The lowest BCUT2D eigenvalue weighted by atomic mass is 10.0. The highest BCUT2D eigenvalue weighted by atomic mass is 32.2. The summed E-state index contributed by atoms with van der Waals surface area (Å²) in [5, 5.41) is 3.77. The molecule has 1 heterocycles. The first kappa shape index (κ1) is 12.6. The van der Waals surface area contributed by atoms with Crippen LogP contribution in [0.4, 0.5) is 5.69 Å². The molecule has 0 aromatic heterocycles. The Balaban J connectivity index is 1.79. The van der Waals surface area contributed by atoms with Gasteiger partial charge in [0.15, 0.2) is 0 Å². The molecule has 1 fully saturated rings. The van der Waals surface area contributed by atoms with Gasteiger partial charge >= 0.3 is 0 Å². The lowest BCUT2D eigenvalue weighted by molar-refractivity contribution is 0.619. The Morgan fingerprint density at radius 1 is 0.947 bits per heavy atom. The van der Waals surface area contributed by atoms with E-state index >= 15 is 0 Å². The molecular formula is C17H19NS. The zero-order chi connectivity index (χ0) is 13.0. The van der Waals surface area contributed by atoms with Crippen LogP contribution in [0.2, 0.25) is 0 Å². The zero-order valence-corrected chi connectivity index (χ0v) is 11.8. The summed E-state index contributed by atoms with van der Waals surface area (Å²) in [6.45, 7) is 0. The summed E-state index contributed by atoms with van der Waals surface area (Å²) >= 11 is 2.07. The molecule has 0 aliphatic carbocycles. The van der Waals surface area contributed by atoms with E-state index in [1.165, 1.54) is 29.8 Å². The first-order valence-electron chi connectivity index (χ1n) is 6.87. The second-order valence-electron chi connectivity index (χ2n) is 5.10. The molecule has 19 heavy (non-hydrogen) atoms. The standard InChI is InChI=1S/C17H19NS/c1-3-8-15(9-4-1)14-17(12-7-13-19-17)18-16-10-5-2-6-11-16/h1-6,8-11,18H,7,12-14H2. The number of rotatable bonds is 4. The summed E-state index contributed by atoms with van der Waals surface area (Å²) in [7, 11) is 0. The third-order valence-corrected chi connectivity index (χ3v) is 5.08. The predicted molar refractivity (Wildman–Crippen MR) is 84.6 cm³/mol. The number of hydrogen-bond donors (Lipinski definition) is 1. The molecule has 1 N–H and O–H groups in total. The number of hydrogen-bond acceptors (Lipinski definition) is 2. The Kier molecular flexibility index (Phi) is 3.79. The monoisotopic (exact) mass is 269 g/mol. The number of benzene rings is 2. The van der Waals surface area contributed by atoms with Crippen LogP contribution < -0.4 is 5.32 Å². The first-order chi connectivity index (χ1) is 9.36. The normalized spacial score (nSPS) is 22.3. The van der Waals surface area contributed by atoms with Gasteiger partial charge in [-0.15, -0.1) is 11.8 Å². The van der Waals surface area contributed by atoms with Crippen molar-refractivity contribution in [2.45, 2.75) is 24.1 Å². The summed E-state index contributed by atoms with van der Waals surface area (Å²) in [6.07, 6.45) is 3.63. The highest BCUT2D eigenvalue weighted by Gasteiger charge is 2.34. The summed E-state index contributed by atoms with van der Waals surface area (Å²) in [4.78, 5) is 0.169. The van der Waals surface area contributed by atoms with Gasteiger partial charge in [0.2, 0.25) is 0 Å². The Morgan fingerprint density at radius 2 is 1.63 bits per heavy atom. The Labute approximate surface area is 119 Å². The van der Waals surface area contributed by atoms with Crippen LogP contribution in [-0.2, 0) is 6.42 Å². The minimum absolute atomic E-state index is 0.169. The maximum Gasteiger partial charge on any atom is 0.0874 e. The molecular weight excluding hydrogens is 250 g/mol. The number of para-hydroxylation sites is 1. The van der Waals surface area contributed by atoms with Crippen molar-refractivity contribution < 1.29 is 0 Å². The molecule has 3 rings (SSSR count). The maximum atomic E-state index is 3.77. The lowest BCUT2D eigenvalue weighted by Gasteiger charge is -2.31. The smallest absolute Gasteiger partial charge is 0.0874 e. The molecule has 1 atom stereocenters. The number of nitrogens with one attached hydrogen (secondary N) is 1. The van der Waals surface area contributed by atoms with Crippen molar-refractivity contribution in [3.05, 3.63) is 66.2 Å². The second kappa shape index (κ2) is 5.70. The van der Waals surface area contributed by atoms with Gasteiger partial charge in [-0.1, -0.05) is 48.5 Å². The minimum atomic E-state index is 0.169. The van der Waals surface area contributed by atoms with Crippen LogP contribution in [0.1, 0.15) is 18.4 Å². The van der Waals surface area contributed by atoms with E-state index < -0.39 is 0 Å². The predicted octanol–water partition coefficient (Wildman–Crippen LogP) is 4.56.